The Morgan fingerprint density at radius 2 is 1.86 bits per heavy atom. The molecule has 1 heterocycles. The van der Waals surface area contributed by atoms with Crippen LogP contribution in [0.4, 0.5) is 0 Å². The van der Waals surface area contributed by atoms with Crippen LogP contribution in [0.2, 0.25) is 0 Å². The second-order valence-corrected chi connectivity index (χ2v) is 9.55. The van der Waals surface area contributed by atoms with Crippen molar-refractivity contribution >= 4 is 15.8 Å². The molecular weight excluding hydrogens is 376 g/mol. The summed E-state index contributed by atoms with van der Waals surface area (Å²) >= 11 is 0. The first-order valence-corrected chi connectivity index (χ1v) is 12.1. The molecule has 28 heavy (non-hydrogen) atoms. The van der Waals surface area contributed by atoms with Gasteiger partial charge < -0.3 is 20.3 Å². The van der Waals surface area contributed by atoms with Gasteiger partial charge in [-0.05, 0) is 56.9 Å². The van der Waals surface area contributed by atoms with Crippen molar-refractivity contribution in [1.29, 1.82) is 0 Å². The number of hydrogen-bond acceptors (Lipinski definition) is 5. The van der Waals surface area contributed by atoms with Crippen LogP contribution < -0.4 is 15.4 Å². The standard InChI is InChI=1S/C20H32N4O3S/c1-3-21-20(23-16-10-13-24(14-11-16)17-4-5-17)22-12-15-27-18-6-8-19(9-7-18)28(2,25)26/h6-9,16-17H,3-5,10-15H2,1-2H3,(H2,21,22,23). The van der Waals surface area contributed by atoms with Crippen LogP contribution in [0.15, 0.2) is 34.2 Å². The molecule has 0 unspecified atom stereocenters. The van der Waals surface area contributed by atoms with Crippen molar-refractivity contribution in [2.45, 2.75) is 49.6 Å². The van der Waals surface area contributed by atoms with E-state index < -0.39 is 9.84 Å². The topological polar surface area (TPSA) is 83.0 Å². The minimum absolute atomic E-state index is 0.296. The maximum atomic E-state index is 11.5. The molecule has 1 aromatic rings. The summed E-state index contributed by atoms with van der Waals surface area (Å²) in [6.07, 6.45) is 6.26. The van der Waals surface area contributed by atoms with E-state index >= 15 is 0 Å². The summed E-state index contributed by atoms with van der Waals surface area (Å²) in [4.78, 5) is 7.52. The molecule has 0 amide bonds. The zero-order chi connectivity index (χ0) is 20.0. The molecule has 8 heteroatoms. The zero-order valence-electron chi connectivity index (χ0n) is 16.9. The maximum Gasteiger partial charge on any atom is 0.191 e. The number of aliphatic imine (C=N–C) groups is 1. The van der Waals surface area contributed by atoms with Crippen molar-refractivity contribution in [2.24, 2.45) is 4.99 Å². The van der Waals surface area contributed by atoms with Crippen LogP contribution in [0.1, 0.15) is 32.6 Å². The molecule has 2 aliphatic rings. The third kappa shape index (κ3) is 6.38. The zero-order valence-corrected chi connectivity index (χ0v) is 17.7. The molecule has 0 atom stereocenters. The number of sulfone groups is 1. The van der Waals surface area contributed by atoms with E-state index in [9.17, 15) is 8.42 Å². The number of guanidine groups is 1. The fourth-order valence-corrected chi connectivity index (χ4v) is 4.10. The molecule has 7 nitrogen and oxygen atoms in total. The Balaban J connectivity index is 1.42. The largest absolute Gasteiger partial charge is 0.492 e. The van der Waals surface area contributed by atoms with Gasteiger partial charge in [-0.15, -0.1) is 0 Å². The van der Waals surface area contributed by atoms with E-state index in [1.54, 1.807) is 24.3 Å². The Kier molecular flexibility index (Phi) is 7.18. The Hall–Kier alpha value is -1.80. The highest BCUT2D eigenvalue weighted by Crippen LogP contribution is 2.29. The minimum Gasteiger partial charge on any atom is -0.492 e. The first kappa shape index (κ1) is 20.9. The minimum atomic E-state index is -3.18. The molecule has 1 saturated carbocycles. The van der Waals surface area contributed by atoms with Crippen molar-refractivity contribution in [2.75, 3.05) is 39.0 Å². The Morgan fingerprint density at radius 3 is 2.43 bits per heavy atom. The van der Waals surface area contributed by atoms with Crippen molar-refractivity contribution < 1.29 is 13.2 Å². The van der Waals surface area contributed by atoms with Gasteiger partial charge in [0.1, 0.15) is 12.4 Å². The van der Waals surface area contributed by atoms with Crippen molar-refractivity contribution in [3.8, 4) is 5.75 Å². The third-order valence-corrected chi connectivity index (χ3v) is 6.29. The normalized spacial score (nSPS) is 19.4. The number of nitrogens with one attached hydrogen (secondary N) is 2. The summed E-state index contributed by atoms with van der Waals surface area (Å²) in [5.41, 5.74) is 0. The third-order valence-electron chi connectivity index (χ3n) is 5.16. The molecule has 2 fully saturated rings. The highest BCUT2D eigenvalue weighted by atomic mass is 32.2. The summed E-state index contributed by atoms with van der Waals surface area (Å²) in [6, 6.07) is 7.80. The number of benzene rings is 1. The fraction of sp³-hybridized carbons (Fsp3) is 0.650. The summed E-state index contributed by atoms with van der Waals surface area (Å²) in [6.45, 7) is 6.20. The molecule has 1 aromatic carbocycles. The molecule has 0 radical (unpaired) electrons. The van der Waals surface area contributed by atoms with Crippen molar-refractivity contribution in [1.82, 2.24) is 15.5 Å². The number of ether oxygens (including phenoxy) is 1. The van der Waals surface area contributed by atoms with Crippen LogP contribution in [0, 0.1) is 0 Å². The van der Waals surface area contributed by atoms with Crippen molar-refractivity contribution in [3.63, 3.8) is 0 Å². The van der Waals surface area contributed by atoms with Crippen LogP contribution in [0.25, 0.3) is 0 Å². The van der Waals surface area contributed by atoms with Crippen LogP contribution in [0.5, 0.6) is 5.75 Å². The quantitative estimate of drug-likeness (QED) is 0.387. The predicted octanol–water partition coefficient (Wildman–Crippen LogP) is 1.65. The van der Waals surface area contributed by atoms with Crippen molar-refractivity contribution in [3.05, 3.63) is 24.3 Å². The SMILES string of the molecule is CCNC(=NCCOc1ccc(S(C)(=O)=O)cc1)NC1CCN(C2CC2)CC1. The highest BCUT2D eigenvalue weighted by Gasteiger charge is 2.31. The van der Waals surface area contributed by atoms with E-state index in [1.807, 2.05) is 0 Å². The van der Waals surface area contributed by atoms with Crippen LogP contribution in [-0.2, 0) is 9.84 Å². The van der Waals surface area contributed by atoms with E-state index in [1.165, 1.54) is 32.2 Å². The molecule has 1 aliphatic heterocycles. The van der Waals surface area contributed by atoms with Crippen LogP contribution in [-0.4, -0.2) is 70.4 Å². The Morgan fingerprint density at radius 1 is 1.18 bits per heavy atom. The molecule has 0 bridgehead atoms. The molecule has 1 aliphatic carbocycles. The fourth-order valence-electron chi connectivity index (χ4n) is 3.47. The van der Waals surface area contributed by atoms with Gasteiger partial charge in [0.15, 0.2) is 15.8 Å². The van der Waals surface area contributed by atoms with E-state index in [0.717, 1.165) is 31.4 Å². The number of hydrogen-bond donors (Lipinski definition) is 2. The lowest BCUT2D eigenvalue weighted by Gasteiger charge is -2.33. The lowest BCUT2D eigenvalue weighted by atomic mass is 10.1. The lowest BCUT2D eigenvalue weighted by molar-refractivity contribution is 0.197. The van der Waals surface area contributed by atoms with E-state index in [-0.39, 0.29) is 0 Å². The van der Waals surface area contributed by atoms with Crippen LogP contribution >= 0.6 is 0 Å². The monoisotopic (exact) mass is 408 g/mol. The number of rotatable bonds is 8. The Bertz CT molecular complexity index is 752. The Labute approximate surface area is 168 Å². The molecule has 0 aromatic heterocycles. The van der Waals surface area contributed by atoms with E-state index in [4.69, 9.17) is 4.74 Å². The second kappa shape index (κ2) is 9.60. The smallest absolute Gasteiger partial charge is 0.191 e. The van der Waals surface area contributed by atoms with Gasteiger partial charge in [0.25, 0.3) is 0 Å². The van der Waals surface area contributed by atoms with Crippen LogP contribution in [0.3, 0.4) is 0 Å². The molecule has 1 saturated heterocycles. The van der Waals surface area contributed by atoms with Gasteiger partial charge in [0.2, 0.25) is 0 Å². The summed E-state index contributed by atoms with van der Waals surface area (Å²) in [5.74, 6) is 1.48. The molecule has 0 spiro atoms. The molecule has 156 valence electrons. The summed E-state index contributed by atoms with van der Waals surface area (Å²) < 4.78 is 28.6. The lowest BCUT2D eigenvalue weighted by Crippen LogP contribution is -2.49. The first-order valence-electron chi connectivity index (χ1n) is 10.2. The highest BCUT2D eigenvalue weighted by molar-refractivity contribution is 7.90. The van der Waals surface area contributed by atoms with Gasteiger partial charge in [0.05, 0.1) is 11.4 Å². The predicted molar refractivity (Wildman–Crippen MR) is 112 cm³/mol. The maximum absolute atomic E-state index is 11.5. The van der Waals surface area contributed by atoms with Gasteiger partial charge in [0, 0.05) is 38.0 Å². The number of nitrogens with zero attached hydrogens (tertiary/aromatic N) is 2. The number of likely N-dealkylation sites (tertiary alicyclic amines) is 1. The van der Waals surface area contributed by atoms with Gasteiger partial charge in [-0.25, -0.2) is 13.4 Å². The average molecular weight is 409 g/mol. The molecular formula is C20H32N4O3S. The van der Waals surface area contributed by atoms with Gasteiger partial charge in [-0.1, -0.05) is 0 Å². The molecule has 3 rings (SSSR count). The van der Waals surface area contributed by atoms with Gasteiger partial charge >= 0.3 is 0 Å². The molecule has 2 N–H and O–H groups in total. The second-order valence-electron chi connectivity index (χ2n) is 7.54. The van der Waals surface area contributed by atoms with Gasteiger partial charge in [-0.2, -0.15) is 0 Å². The van der Waals surface area contributed by atoms with E-state index in [0.29, 0.717) is 29.8 Å². The number of piperidine rings is 1. The first-order chi connectivity index (χ1) is 13.5. The average Bonchev–Trinajstić information content (AvgIpc) is 3.51. The van der Waals surface area contributed by atoms with Gasteiger partial charge in [-0.3, -0.25) is 0 Å². The summed E-state index contributed by atoms with van der Waals surface area (Å²) in [7, 11) is -3.18. The van der Waals surface area contributed by atoms with E-state index in [2.05, 4.69) is 27.4 Å². The summed E-state index contributed by atoms with van der Waals surface area (Å²) in [5, 5.41) is 6.85.